The molecule has 0 amide bonds. The Morgan fingerprint density at radius 3 is 2.07 bits per heavy atom. The maximum absolute atomic E-state index is 13.3. The molecule has 4 nitrogen and oxygen atoms in total. The van der Waals surface area contributed by atoms with Gasteiger partial charge in [-0.25, -0.2) is 8.42 Å². The topological polar surface area (TPSA) is 57.6 Å². The lowest BCUT2D eigenvalue weighted by Gasteiger charge is -2.26. The third-order valence-corrected chi connectivity index (χ3v) is 5.71. The fourth-order valence-electron chi connectivity index (χ4n) is 2.32. The Morgan fingerprint density at radius 1 is 1.04 bits per heavy atom. The number of hydrogen-bond donors (Lipinski definition) is 1. The molecule has 8 heteroatoms. The Labute approximate surface area is 156 Å². The molecule has 144 valence electrons. The average molecular weight is 397 g/mol. The zero-order valence-electron chi connectivity index (χ0n) is 14.7. The zero-order chi connectivity index (χ0) is 20.3. The van der Waals surface area contributed by atoms with Gasteiger partial charge in [0.2, 0.25) is 5.60 Å². The van der Waals surface area contributed by atoms with E-state index in [0.717, 1.165) is 16.4 Å². The van der Waals surface area contributed by atoms with Gasteiger partial charge in [-0.2, -0.15) is 13.2 Å². The molecule has 27 heavy (non-hydrogen) atoms. The molecule has 1 unspecified atom stereocenters. The Kier molecular flexibility index (Phi) is 5.88. The summed E-state index contributed by atoms with van der Waals surface area (Å²) in [5.41, 5.74) is -3.65. The van der Waals surface area contributed by atoms with E-state index in [9.17, 15) is 26.7 Å². The maximum atomic E-state index is 13.3. The number of nitrogens with zero attached hydrogens (tertiary/aromatic N) is 1. The summed E-state index contributed by atoms with van der Waals surface area (Å²) in [6.07, 6.45) is -4.85. The maximum Gasteiger partial charge on any atom is 0.433 e. The van der Waals surface area contributed by atoms with Gasteiger partial charge in [-0.3, -0.25) is 4.31 Å². The average Bonchev–Trinajstić information content (AvgIpc) is 2.65. The lowest BCUT2D eigenvalue weighted by Crippen LogP contribution is -2.41. The van der Waals surface area contributed by atoms with Crippen LogP contribution in [0.2, 0.25) is 0 Å². The molecule has 0 saturated carbocycles. The number of hydrogen-bond acceptors (Lipinski definition) is 3. The van der Waals surface area contributed by atoms with Crippen LogP contribution in [0.3, 0.4) is 0 Å². The second-order valence-corrected chi connectivity index (χ2v) is 7.67. The van der Waals surface area contributed by atoms with Gasteiger partial charge in [-0.05, 0) is 24.3 Å². The van der Waals surface area contributed by atoms with Crippen LogP contribution in [0.1, 0.15) is 18.9 Å². The number of sulfonamides is 1. The molecule has 0 fully saturated rings. The quantitative estimate of drug-likeness (QED) is 0.801. The Hall–Kier alpha value is -2.50. The molecule has 2 rings (SSSR count). The van der Waals surface area contributed by atoms with Gasteiger partial charge in [0.05, 0.1) is 10.6 Å². The second-order valence-electron chi connectivity index (χ2n) is 5.70. The van der Waals surface area contributed by atoms with Crippen LogP contribution in [-0.2, 0) is 15.6 Å². The van der Waals surface area contributed by atoms with Crippen molar-refractivity contribution in [1.29, 1.82) is 0 Å². The molecule has 0 bridgehead atoms. The summed E-state index contributed by atoms with van der Waals surface area (Å²) in [5, 5.41) is 10.1. The number of aliphatic hydroxyl groups is 1. The van der Waals surface area contributed by atoms with E-state index in [1.807, 2.05) is 5.92 Å². The molecule has 0 radical (unpaired) electrons. The highest BCUT2D eigenvalue weighted by Crippen LogP contribution is 2.39. The van der Waals surface area contributed by atoms with E-state index in [4.69, 9.17) is 0 Å². The van der Waals surface area contributed by atoms with Crippen LogP contribution in [0.15, 0.2) is 59.5 Å². The summed E-state index contributed by atoms with van der Waals surface area (Å²) < 4.78 is 66.1. The molecule has 0 aliphatic heterocycles. The lowest BCUT2D eigenvalue weighted by atomic mass is 9.93. The largest absolute Gasteiger partial charge is 0.433 e. The first-order valence-corrected chi connectivity index (χ1v) is 9.41. The van der Waals surface area contributed by atoms with Crippen LogP contribution in [0.5, 0.6) is 0 Å². The normalized spacial score (nSPS) is 14.0. The van der Waals surface area contributed by atoms with Crippen LogP contribution in [-0.4, -0.2) is 26.7 Å². The molecule has 0 aliphatic carbocycles. The van der Waals surface area contributed by atoms with E-state index in [2.05, 4.69) is 5.92 Å². The highest BCUT2D eigenvalue weighted by atomic mass is 32.2. The Morgan fingerprint density at radius 2 is 1.59 bits per heavy atom. The van der Waals surface area contributed by atoms with Crippen molar-refractivity contribution in [2.75, 3.05) is 11.4 Å². The van der Waals surface area contributed by atoms with Crippen LogP contribution in [0.4, 0.5) is 18.9 Å². The SMILES string of the molecule is CCC#CC(O)(c1ccc(N(C)S(=O)(=O)c2ccccc2)cc1)C(F)(F)F. The van der Waals surface area contributed by atoms with Gasteiger partial charge in [0.15, 0.2) is 0 Å². The van der Waals surface area contributed by atoms with Gasteiger partial charge in [-0.1, -0.05) is 49.1 Å². The van der Waals surface area contributed by atoms with Crippen LogP contribution >= 0.6 is 0 Å². The van der Waals surface area contributed by atoms with E-state index in [1.54, 1.807) is 25.1 Å². The minimum Gasteiger partial charge on any atom is -0.366 e. The van der Waals surface area contributed by atoms with Crippen molar-refractivity contribution in [3.05, 3.63) is 60.2 Å². The number of halogens is 3. The van der Waals surface area contributed by atoms with Crippen molar-refractivity contribution in [3.8, 4) is 11.8 Å². The van der Waals surface area contributed by atoms with Gasteiger partial charge in [-0.15, -0.1) is 0 Å². The first-order valence-electron chi connectivity index (χ1n) is 7.97. The van der Waals surface area contributed by atoms with Crippen LogP contribution in [0, 0.1) is 11.8 Å². The van der Waals surface area contributed by atoms with Crippen molar-refractivity contribution in [2.24, 2.45) is 0 Å². The Bertz CT molecular complexity index is 946. The molecule has 1 N–H and O–H groups in total. The fraction of sp³-hybridized carbons (Fsp3) is 0.263. The molecule has 2 aromatic rings. The summed E-state index contributed by atoms with van der Waals surface area (Å²) in [5.74, 6) is 4.11. The minimum atomic E-state index is -5.00. The lowest BCUT2D eigenvalue weighted by molar-refractivity contribution is -0.240. The third kappa shape index (κ3) is 4.10. The highest BCUT2D eigenvalue weighted by Gasteiger charge is 2.54. The van der Waals surface area contributed by atoms with E-state index in [-0.39, 0.29) is 17.0 Å². The minimum absolute atomic E-state index is 0.0529. The smallest absolute Gasteiger partial charge is 0.366 e. The molecule has 0 aliphatic rings. The van der Waals surface area contributed by atoms with Crippen molar-refractivity contribution >= 4 is 15.7 Å². The molecule has 0 heterocycles. The zero-order valence-corrected chi connectivity index (χ0v) is 15.5. The van der Waals surface area contributed by atoms with Gasteiger partial charge in [0.1, 0.15) is 0 Å². The van der Waals surface area contributed by atoms with Crippen LogP contribution < -0.4 is 4.31 Å². The Balaban J connectivity index is 2.42. The molecule has 0 spiro atoms. The van der Waals surface area contributed by atoms with Crippen LogP contribution in [0.25, 0.3) is 0 Å². The van der Waals surface area contributed by atoms with Crippen molar-refractivity contribution in [1.82, 2.24) is 0 Å². The monoisotopic (exact) mass is 397 g/mol. The van der Waals surface area contributed by atoms with Gasteiger partial charge in [0.25, 0.3) is 10.0 Å². The van der Waals surface area contributed by atoms with Gasteiger partial charge >= 0.3 is 6.18 Å². The molecule has 2 aromatic carbocycles. The fourth-order valence-corrected chi connectivity index (χ4v) is 3.54. The van der Waals surface area contributed by atoms with E-state index in [1.165, 1.54) is 31.3 Å². The summed E-state index contributed by atoms with van der Waals surface area (Å²) in [6.45, 7) is 1.57. The van der Waals surface area contributed by atoms with E-state index >= 15 is 0 Å². The predicted molar refractivity (Wildman–Crippen MR) is 96.5 cm³/mol. The standard InChI is InChI=1S/C19H18F3NO3S/c1-3-4-14-18(24,19(20,21)22)15-10-12-16(13-11-15)23(2)27(25,26)17-8-6-5-7-9-17/h5-13,24H,3H2,1-2H3. The van der Waals surface area contributed by atoms with Crippen molar-refractivity contribution < 1.29 is 26.7 Å². The first kappa shape index (κ1) is 20.8. The van der Waals surface area contributed by atoms with Crippen molar-refractivity contribution in [2.45, 2.75) is 30.0 Å². The molecule has 0 aromatic heterocycles. The summed E-state index contributed by atoms with van der Waals surface area (Å²) >= 11 is 0. The van der Waals surface area contributed by atoms with E-state index < -0.39 is 27.4 Å². The number of alkyl halides is 3. The second kappa shape index (κ2) is 7.62. The highest BCUT2D eigenvalue weighted by molar-refractivity contribution is 7.92. The summed E-state index contributed by atoms with van der Waals surface area (Å²) in [4.78, 5) is 0.0529. The molecular weight excluding hydrogens is 379 g/mol. The predicted octanol–water partition coefficient (Wildman–Crippen LogP) is 3.68. The van der Waals surface area contributed by atoms with E-state index in [0.29, 0.717) is 0 Å². The van der Waals surface area contributed by atoms with Crippen molar-refractivity contribution in [3.63, 3.8) is 0 Å². The number of rotatable bonds is 4. The summed E-state index contributed by atoms with van der Waals surface area (Å²) in [6, 6.07) is 12.1. The number of anilines is 1. The number of benzene rings is 2. The third-order valence-electron chi connectivity index (χ3n) is 3.91. The molecular formula is C19H18F3NO3S. The molecule has 1 atom stereocenters. The summed E-state index contributed by atoms with van der Waals surface area (Å²) in [7, 11) is -2.57. The molecule has 0 saturated heterocycles. The first-order chi connectivity index (χ1) is 12.5. The van der Waals surface area contributed by atoms with Gasteiger partial charge in [0, 0.05) is 19.0 Å². The van der Waals surface area contributed by atoms with Gasteiger partial charge < -0.3 is 5.11 Å².